The maximum Gasteiger partial charge on any atom is 0.236 e. The number of carbonyl (C=O) groups is 1. The molecule has 1 aliphatic rings. The first kappa shape index (κ1) is 12.1. The van der Waals surface area contributed by atoms with E-state index < -0.39 is 6.04 Å². The summed E-state index contributed by atoms with van der Waals surface area (Å²) in [5.74, 6) is 0.400. The largest absolute Gasteiger partial charge is 0.351 e. The van der Waals surface area contributed by atoms with Crippen molar-refractivity contribution in [2.45, 2.75) is 44.2 Å². The van der Waals surface area contributed by atoms with Gasteiger partial charge in [0.1, 0.15) is 0 Å². The van der Waals surface area contributed by atoms with Gasteiger partial charge in [0.15, 0.2) is 0 Å². The van der Waals surface area contributed by atoms with Gasteiger partial charge in [0.05, 0.1) is 6.04 Å². The van der Waals surface area contributed by atoms with Gasteiger partial charge in [-0.2, -0.15) is 0 Å². The lowest BCUT2D eigenvalue weighted by Gasteiger charge is -2.22. The van der Waals surface area contributed by atoms with Crippen molar-refractivity contribution in [1.82, 2.24) is 5.32 Å². The first-order chi connectivity index (χ1) is 8.18. The molecule has 17 heavy (non-hydrogen) atoms. The van der Waals surface area contributed by atoms with Gasteiger partial charge in [0, 0.05) is 12.0 Å². The van der Waals surface area contributed by atoms with Crippen LogP contribution in [0.15, 0.2) is 30.3 Å². The molecule has 1 aromatic rings. The van der Waals surface area contributed by atoms with E-state index in [1.165, 1.54) is 12.0 Å². The molecule has 0 aliphatic heterocycles. The summed E-state index contributed by atoms with van der Waals surface area (Å²) in [5.41, 5.74) is 6.91. The third kappa shape index (κ3) is 2.86. The van der Waals surface area contributed by atoms with Crippen molar-refractivity contribution in [1.29, 1.82) is 0 Å². The Kier molecular flexibility index (Phi) is 3.79. The number of nitrogens with two attached hydrogens (primary N) is 1. The third-order valence-corrected chi connectivity index (χ3v) is 3.48. The van der Waals surface area contributed by atoms with E-state index in [1.807, 2.05) is 6.07 Å². The first-order valence-corrected chi connectivity index (χ1v) is 6.29. The summed E-state index contributed by atoms with van der Waals surface area (Å²) < 4.78 is 0. The minimum absolute atomic E-state index is 0.0437. The van der Waals surface area contributed by atoms with Crippen molar-refractivity contribution in [2.75, 3.05) is 0 Å². The van der Waals surface area contributed by atoms with E-state index in [0.29, 0.717) is 5.92 Å². The fourth-order valence-corrected chi connectivity index (χ4v) is 2.55. The topological polar surface area (TPSA) is 55.1 Å². The maximum atomic E-state index is 11.6. The van der Waals surface area contributed by atoms with Crippen LogP contribution >= 0.6 is 0 Å². The zero-order valence-electron chi connectivity index (χ0n) is 10.2. The van der Waals surface area contributed by atoms with Crippen LogP contribution in [0.5, 0.6) is 0 Å². The Bertz CT molecular complexity index is 375. The fraction of sp³-hybridized carbons (Fsp3) is 0.500. The predicted octanol–water partition coefficient (Wildman–Crippen LogP) is 1.79. The zero-order valence-corrected chi connectivity index (χ0v) is 10.2. The number of benzene rings is 1. The number of hydrogen-bond acceptors (Lipinski definition) is 2. The van der Waals surface area contributed by atoms with Gasteiger partial charge in [0.25, 0.3) is 0 Å². The molecule has 0 aromatic heterocycles. The molecule has 1 amide bonds. The second-order valence-corrected chi connectivity index (χ2v) is 4.85. The molecule has 3 N–H and O–H groups in total. The van der Waals surface area contributed by atoms with Crippen LogP contribution in [0.3, 0.4) is 0 Å². The van der Waals surface area contributed by atoms with Crippen molar-refractivity contribution in [3.63, 3.8) is 0 Å². The Morgan fingerprint density at radius 1 is 1.35 bits per heavy atom. The molecule has 2 unspecified atom stereocenters. The lowest BCUT2D eigenvalue weighted by atomic mass is 9.94. The molecule has 2 rings (SSSR count). The van der Waals surface area contributed by atoms with Crippen molar-refractivity contribution in [2.24, 2.45) is 5.73 Å². The van der Waals surface area contributed by atoms with E-state index in [1.54, 1.807) is 6.92 Å². The number of nitrogens with one attached hydrogen (secondary N) is 1. The minimum Gasteiger partial charge on any atom is -0.351 e. The SMILES string of the molecule is C[C@H](N)C(=O)NC1CCCC1c1ccccc1. The molecule has 1 aromatic carbocycles. The fourth-order valence-electron chi connectivity index (χ4n) is 2.55. The molecule has 1 fully saturated rings. The summed E-state index contributed by atoms with van der Waals surface area (Å²) in [7, 11) is 0. The smallest absolute Gasteiger partial charge is 0.236 e. The van der Waals surface area contributed by atoms with Crippen LogP contribution in [0.2, 0.25) is 0 Å². The Morgan fingerprint density at radius 3 is 2.71 bits per heavy atom. The normalized spacial score (nSPS) is 25.5. The van der Waals surface area contributed by atoms with E-state index >= 15 is 0 Å². The number of hydrogen-bond donors (Lipinski definition) is 2. The van der Waals surface area contributed by atoms with Gasteiger partial charge in [-0.3, -0.25) is 4.79 Å². The molecule has 0 heterocycles. The predicted molar refractivity (Wildman–Crippen MR) is 68.6 cm³/mol. The second-order valence-electron chi connectivity index (χ2n) is 4.85. The molecule has 0 radical (unpaired) electrons. The highest BCUT2D eigenvalue weighted by molar-refractivity contribution is 5.81. The lowest BCUT2D eigenvalue weighted by Crippen LogP contribution is -2.44. The van der Waals surface area contributed by atoms with E-state index in [4.69, 9.17) is 5.73 Å². The molecule has 92 valence electrons. The highest BCUT2D eigenvalue weighted by Crippen LogP contribution is 2.34. The van der Waals surface area contributed by atoms with Crippen LogP contribution in [0, 0.1) is 0 Å². The van der Waals surface area contributed by atoms with Crippen LogP contribution < -0.4 is 11.1 Å². The van der Waals surface area contributed by atoms with Gasteiger partial charge >= 0.3 is 0 Å². The highest BCUT2D eigenvalue weighted by Gasteiger charge is 2.30. The molecule has 0 bridgehead atoms. The van der Waals surface area contributed by atoms with Crippen molar-refractivity contribution < 1.29 is 4.79 Å². The third-order valence-electron chi connectivity index (χ3n) is 3.48. The van der Waals surface area contributed by atoms with E-state index in [0.717, 1.165) is 12.8 Å². The summed E-state index contributed by atoms with van der Waals surface area (Å²) in [6.45, 7) is 1.72. The molecule has 3 atom stereocenters. The molecule has 3 heteroatoms. The van der Waals surface area contributed by atoms with Crippen LogP contribution in [0.1, 0.15) is 37.7 Å². The van der Waals surface area contributed by atoms with Gasteiger partial charge in [-0.25, -0.2) is 0 Å². The van der Waals surface area contributed by atoms with Crippen LogP contribution in [0.25, 0.3) is 0 Å². The van der Waals surface area contributed by atoms with E-state index in [9.17, 15) is 4.79 Å². The summed E-state index contributed by atoms with van der Waals surface area (Å²) >= 11 is 0. The Hall–Kier alpha value is -1.35. The molecule has 0 spiro atoms. The Morgan fingerprint density at radius 2 is 2.06 bits per heavy atom. The molecule has 3 nitrogen and oxygen atoms in total. The molecular formula is C14H20N2O. The summed E-state index contributed by atoms with van der Waals surface area (Å²) in [6, 6.07) is 10.2. The lowest BCUT2D eigenvalue weighted by molar-refractivity contribution is -0.122. The number of carbonyl (C=O) groups excluding carboxylic acids is 1. The van der Waals surface area contributed by atoms with E-state index in [-0.39, 0.29) is 11.9 Å². The maximum absolute atomic E-state index is 11.6. The van der Waals surface area contributed by atoms with Gasteiger partial charge in [-0.15, -0.1) is 0 Å². The quantitative estimate of drug-likeness (QED) is 0.834. The average Bonchev–Trinajstić information content (AvgIpc) is 2.78. The average molecular weight is 232 g/mol. The Labute approximate surface area is 102 Å². The van der Waals surface area contributed by atoms with Gasteiger partial charge in [-0.05, 0) is 25.3 Å². The van der Waals surface area contributed by atoms with Crippen LogP contribution in [0.4, 0.5) is 0 Å². The van der Waals surface area contributed by atoms with E-state index in [2.05, 4.69) is 29.6 Å². The summed E-state index contributed by atoms with van der Waals surface area (Å²) in [6.07, 6.45) is 3.37. The summed E-state index contributed by atoms with van der Waals surface area (Å²) in [5, 5.41) is 3.06. The van der Waals surface area contributed by atoms with Crippen molar-refractivity contribution in [3.8, 4) is 0 Å². The zero-order chi connectivity index (χ0) is 12.3. The highest BCUT2D eigenvalue weighted by atomic mass is 16.2. The van der Waals surface area contributed by atoms with Gasteiger partial charge < -0.3 is 11.1 Å². The molecular weight excluding hydrogens is 212 g/mol. The van der Waals surface area contributed by atoms with Gasteiger partial charge in [-0.1, -0.05) is 36.8 Å². The number of amides is 1. The number of rotatable bonds is 3. The molecule has 1 saturated carbocycles. The monoisotopic (exact) mass is 232 g/mol. The second kappa shape index (κ2) is 5.32. The first-order valence-electron chi connectivity index (χ1n) is 6.29. The molecule has 0 saturated heterocycles. The standard InChI is InChI=1S/C14H20N2O/c1-10(15)14(17)16-13-9-5-8-12(13)11-6-3-2-4-7-11/h2-4,6-7,10,12-13H,5,8-9,15H2,1H3,(H,16,17)/t10-,12?,13?/m0/s1. The van der Waals surface area contributed by atoms with Gasteiger partial charge in [0.2, 0.25) is 5.91 Å². The van der Waals surface area contributed by atoms with Crippen molar-refractivity contribution >= 4 is 5.91 Å². The van der Waals surface area contributed by atoms with Crippen molar-refractivity contribution in [3.05, 3.63) is 35.9 Å². The molecule has 1 aliphatic carbocycles. The minimum atomic E-state index is -0.424. The van der Waals surface area contributed by atoms with Crippen LogP contribution in [-0.4, -0.2) is 18.0 Å². The Balaban J connectivity index is 2.05. The summed E-state index contributed by atoms with van der Waals surface area (Å²) in [4.78, 5) is 11.6. The van der Waals surface area contributed by atoms with Crippen LogP contribution in [-0.2, 0) is 4.79 Å².